The van der Waals surface area contributed by atoms with Crippen LogP contribution >= 0.6 is 0 Å². The van der Waals surface area contributed by atoms with E-state index in [1.54, 1.807) is 18.9 Å². The summed E-state index contributed by atoms with van der Waals surface area (Å²) < 4.78 is 10.1. The molecule has 0 fully saturated rings. The minimum atomic E-state index is -0.291. The highest BCUT2D eigenvalue weighted by Gasteiger charge is 2.22. The molecule has 0 bridgehead atoms. The van der Waals surface area contributed by atoms with Gasteiger partial charge < -0.3 is 14.4 Å². The molecular formula is C23H29NO4. The quantitative estimate of drug-likeness (QED) is 0.556. The van der Waals surface area contributed by atoms with Crippen LogP contribution in [0.15, 0.2) is 60.7 Å². The van der Waals surface area contributed by atoms with Gasteiger partial charge in [-0.15, -0.1) is 0 Å². The summed E-state index contributed by atoms with van der Waals surface area (Å²) in [6, 6.07) is 20.1. The maximum Gasteiger partial charge on any atom is 0.307 e. The molecule has 5 nitrogen and oxygen atoms in total. The van der Waals surface area contributed by atoms with E-state index in [-0.39, 0.29) is 24.2 Å². The maximum absolute atomic E-state index is 13.1. The fraction of sp³-hybridized carbons (Fsp3) is 0.391. The van der Waals surface area contributed by atoms with Crippen molar-refractivity contribution in [3.8, 4) is 0 Å². The first-order chi connectivity index (χ1) is 13.7. The summed E-state index contributed by atoms with van der Waals surface area (Å²) >= 11 is 0. The molecule has 0 aliphatic heterocycles. The van der Waals surface area contributed by atoms with Crippen LogP contribution in [0, 0.1) is 0 Å². The number of hydrogen-bond acceptors (Lipinski definition) is 4. The number of ether oxygens (including phenoxy) is 2. The van der Waals surface area contributed by atoms with E-state index in [0.717, 1.165) is 11.1 Å². The smallest absolute Gasteiger partial charge is 0.307 e. The van der Waals surface area contributed by atoms with Gasteiger partial charge in [-0.3, -0.25) is 9.59 Å². The molecule has 0 heterocycles. The molecule has 2 aromatic carbocycles. The third-order valence-corrected chi connectivity index (χ3v) is 4.59. The Morgan fingerprint density at radius 3 is 2.00 bits per heavy atom. The van der Waals surface area contributed by atoms with Gasteiger partial charge in [0.05, 0.1) is 19.6 Å². The molecule has 0 spiro atoms. The standard InChI is InChI=1S/C23H29NO4/c1-3-28-23(26)14-15-24(16-17-27-2)22(25)18-21(19-10-6-4-7-11-19)20-12-8-5-9-13-20/h4-13,21H,3,14-18H2,1-2H3. The van der Waals surface area contributed by atoms with Gasteiger partial charge in [0.25, 0.3) is 0 Å². The summed E-state index contributed by atoms with van der Waals surface area (Å²) in [6.45, 7) is 3.32. The van der Waals surface area contributed by atoms with E-state index in [2.05, 4.69) is 0 Å². The summed E-state index contributed by atoms with van der Waals surface area (Å²) in [5.41, 5.74) is 2.19. The molecule has 0 aliphatic carbocycles. The van der Waals surface area contributed by atoms with Gasteiger partial charge in [0.2, 0.25) is 5.91 Å². The molecule has 0 N–H and O–H groups in total. The van der Waals surface area contributed by atoms with Crippen molar-refractivity contribution in [1.29, 1.82) is 0 Å². The number of nitrogens with zero attached hydrogens (tertiary/aromatic N) is 1. The van der Waals surface area contributed by atoms with E-state index in [1.165, 1.54) is 0 Å². The number of amides is 1. The summed E-state index contributed by atoms with van der Waals surface area (Å²) in [5, 5.41) is 0. The van der Waals surface area contributed by atoms with Gasteiger partial charge in [0.1, 0.15) is 0 Å². The topological polar surface area (TPSA) is 55.8 Å². The number of carbonyl (C=O) groups is 2. The predicted octanol–water partition coefficient (Wildman–Crippen LogP) is 3.64. The van der Waals surface area contributed by atoms with E-state index in [9.17, 15) is 9.59 Å². The van der Waals surface area contributed by atoms with Crippen molar-refractivity contribution < 1.29 is 19.1 Å². The average molecular weight is 383 g/mol. The number of methoxy groups -OCH3 is 1. The maximum atomic E-state index is 13.1. The van der Waals surface area contributed by atoms with Crippen molar-refractivity contribution in [2.75, 3.05) is 33.4 Å². The summed E-state index contributed by atoms with van der Waals surface area (Å²) in [5.74, 6) is -0.332. The lowest BCUT2D eigenvalue weighted by Gasteiger charge is -2.25. The number of benzene rings is 2. The molecule has 5 heteroatoms. The van der Waals surface area contributed by atoms with Crippen LogP contribution in [0.1, 0.15) is 36.8 Å². The first-order valence-corrected chi connectivity index (χ1v) is 9.68. The predicted molar refractivity (Wildman–Crippen MR) is 109 cm³/mol. The van der Waals surface area contributed by atoms with Gasteiger partial charge in [0, 0.05) is 32.5 Å². The van der Waals surface area contributed by atoms with Crippen molar-refractivity contribution in [2.24, 2.45) is 0 Å². The van der Waals surface area contributed by atoms with Crippen molar-refractivity contribution in [1.82, 2.24) is 4.90 Å². The molecule has 0 radical (unpaired) electrons. The van der Waals surface area contributed by atoms with Crippen LogP contribution < -0.4 is 0 Å². The fourth-order valence-electron chi connectivity index (χ4n) is 3.12. The lowest BCUT2D eigenvalue weighted by molar-refractivity contribution is -0.144. The Morgan fingerprint density at radius 2 is 1.50 bits per heavy atom. The van der Waals surface area contributed by atoms with E-state index in [4.69, 9.17) is 9.47 Å². The van der Waals surface area contributed by atoms with Crippen LogP contribution in [0.25, 0.3) is 0 Å². The van der Waals surface area contributed by atoms with Crippen LogP contribution in [-0.4, -0.2) is 50.2 Å². The Morgan fingerprint density at radius 1 is 0.929 bits per heavy atom. The van der Waals surface area contributed by atoms with Gasteiger partial charge in [-0.2, -0.15) is 0 Å². The fourth-order valence-corrected chi connectivity index (χ4v) is 3.12. The molecule has 150 valence electrons. The molecule has 0 atom stereocenters. The third-order valence-electron chi connectivity index (χ3n) is 4.59. The largest absolute Gasteiger partial charge is 0.466 e. The Bertz CT molecular complexity index is 678. The normalized spacial score (nSPS) is 10.7. The summed E-state index contributed by atoms with van der Waals surface area (Å²) in [6.07, 6.45) is 0.519. The summed E-state index contributed by atoms with van der Waals surface area (Å²) in [7, 11) is 1.60. The second kappa shape index (κ2) is 11.9. The van der Waals surface area contributed by atoms with Crippen LogP contribution in [0.2, 0.25) is 0 Å². The second-order valence-electron chi connectivity index (χ2n) is 6.51. The molecule has 0 aliphatic rings. The number of esters is 1. The third kappa shape index (κ3) is 6.82. The van der Waals surface area contributed by atoms with Crippen LogP contribution in [0.4, 0.5) is 0 Å². The minimum Gasteiger partial charge on any atom is -0.466 e. The van der Waals surface area contributed by atoms with Gasteiger partial charge in [-0.05, 0) is 18.1 Å². The highest BCUT2D eigenvalue weighted by molar-refractivity contribution is 5.78. The van der Waals surface area contributed by atoms with Gasteiger partial charge >= 0.3 is 5.97 Å². The van der Waals surface area contributed by atoms with Crippen LogP contribution in [-0.2, 0) is 19.1 Å². The Kier molecular flexibility index (Phi) is 9.22. The molecule has 0 saturated carbocycles. The van der Waals surface area contributed by atoms with Crippen molar-refractivity contribution >= 4 is 11.9 Å². The Hall–Kier alpha value is -2.66. The molecule has 0 saturated heterocycles. The molecule has 2 rings (SSSR count). The van der Waals surface area contributed by atoms with E-state index < -0.39 is 0 Å². The van der Waals surface area contributed by atoms with Gasteiger partial charge in [-0.25, -0.2) is 0 Å². The molecule has 2 aromatic rings. The van der Waals surface area contributed by atoms with Gasteiger partial charge in [0.15, 0.2) is 0 Å². The lowest BCUT2D eigenvalue weighted by atomic mass is 9.88. The monoisotopic (exact) mass is 383 g/mol. The van der Waals surface area contributed by atoms with Crippen LogP contribution in [0.5, 0.6) is 0 Å². The average Bonchev–Trinajstić information content (AvgIpc) is 2.73. The Balaban J connectivity index is 2.15. The highest BCUT2D eigenvalue weighted by atomic mass is 16.5. The molecule has 0 aromatic heterocycles. The van der Waals surface area contributed by atoms with Crippen molar-refractivity contribution in [3.05, 3.63) is 71.8 Å². The lowest BCUT2D eigenvalue weighted by Crippen LogP contribution is -2.36. The molecule has 1 amide bonds. The highest BCUT2D eigenvalue weighted by Crippen LogP contribution is 2.28. The molecule has 0 unspecified atom stereocenters. The van der Waals surface area contributed by atoms with Crippen LogP contribution in [0.3, 0.4) is 0 Å². The Labute approximate surface area is 167 Å². The van der Waals surface area contributed by atoms with Gasteiger partial charge in [-0.1, -0.05) is 60.7 Å². The number of rotatable bonds is 11. The first kappa shape index (κ1) is 21.6. The SMILES string of the molecule is CCOC(=O)CCN(CCOC)C(=O)CC(c1ccccc1)c1ccccc1. The number of carbonyl (C=O) groups excluding carboxylic acids is 2. The zero-order chi connectivity index (χ0) is 20.2. The molecular weight excluding hydrogens is 354 g/mol. The number of hydrogen-bond donors (Lipinski definition) is 0. The van der Waals surface area contributed by atoms with E-state index in [1.807, 2.05) is 60.7 Å². The van der Waals surface area contributed by atoms with E-state index in [0.29, 0.717) is 32.7 Å². The zero-order valence-corrected chi connectivity index (χ0v) is 16.7. The first-order valence-electron chi connectivity index (χ1n) is 9.68. The zero-order valence-electron chi connectivity index (χ0n) is 16.7. The van der Waals surface area contributed by atoms with Crippen molar-refractivity contribution in [2.45, 2.75) is 25.7 Å². The van der Waals surface area contributed by atoms with E-state index >= 15 is 0 Å². The summed E-state index contributed by atoms with van der Waals surface area (Å²) in [4.78, 5) is 26.5. The van der Waals surface area contributed by atoms with Crippen molar-refractivity contribution in [3.63, 3.8) is 0 Å². The second-order valence-corrected chi connectivity index (χ2v) is 6.51. The minimum absolute atomic E-state index is 0.000875. The molecule has 28 heavy (non-hydrogen) atoms.